The number of alkyl halides is 9. The molecule has 0 aromatic heterocycles. The first-order valence-corrected chi connectivity index (χ1v) is 42.4. The molecule has 0 bridgehead atoms. The Morgan fingerprint density at radius 1 is 0.248 bits per heavy atom. The molecule has 6 rings (SSSR count). The summed E-state index contributed by atoms with van der Waals surface area (Å²) in [6.45, 7) is -15.8. The summed E-state index contributed by atoms with van der Waals surface area (Å²) in [5.41, 5.74) is 22.8. The van der Waals surface area contributed by atoms with Crippen molar-refractivity contribution in [3.05, 3.63) is 214 Å². The van der Waals surface area contributed by atoms with Crippen molar-refractivity contribution in [3.8, 4) is 0 Å². The van der Waals surface area contributed by atoms with Gasteiger partial charge in [-0.2, -0.15) is 39.5 Å². The number of hydrogen-bond acceptors (Lipinski definition) is 19. The number of nitrogens with zero attached hydrogens (tertiary/aromatic N) is 11. The van der Waals surface area contributed by atoms with Crippen LogP contribution in [0.2, 0.25) is 0 Å². The van der Waals surface area contributed by atoms with Gasteiger partial charge in [-0.3, -0.25) is 71.9 Å². The van der Waals surface area contributed by atoms with Crippen molar-refractivity contribution in [1.29, 1.82) is 0 Å². The van der Waals surface area contributed by atoms with Gasteiger partial charge in [0.25, 0.3) is 0 Å². The van der Waals surface area contributed by atoms with E-state index in [0.29, 0.717) is 26.5 Å². The van der Waals surface area contributed by atoms with Crippen LogP contribution in [0.25, 0.3) is 0 Å². The van der Waals surface area contributed by atoms with Crippen LogP contribution in [0.4, 0.5) is 39.5 Å². The highest BCUT2D eigenvalue weighted by atomic mass is 19.4. The zero-order valence-electron chi connectivity index (χ0n) is 73.1. The van der Waals surface area contributed by atoms with Gasteiger partial charge in [0.15, 0.2) is 0 Å². The number of carbonyl (C=O) groups excluding carboxylic acids is 12. The molecule has 0 heterocycles. The highest BCUT2D eigenvalue weighted by molar-refractivity contribution is 5.95. The number of carboxylic acids is 3. The predicted molar refractivity (Wildman–Crippen MR) is 464 cm³/mol. The summed E-state index contributed by atoms with van der Waals surface area (Å²) in [5, 5.41) is 32.8. The second-order valence-corrected chi connectivity index (χ2v) is 30.9. The second kappa shape index (κ2) is 54.4. The Bertz CT molecular complexity index is 4840. The Balaban J connectivity index is 1.32. The highest BCUT2D eigenvalue weighted by Gasteiger charge is 2.37. The molecule has 12 amide bonds. The third-order valence-corrected chi connectivity index (χ3v) is 21.1. The number of hydrogen-bond donors (Lipinski definition) is 8. The van der Waals surface area contributed by atoms with Crippen molar-refractivity contribution in [3.63, 3.8) is 0 Å². The average molecular weight is 1880 g/mol. The van der Waals surface area contributed by atoms with Crippen LogP contribution in [0, 0.1) is 0 Å². The largest absolute Gasteiger partial charge is 0.481 e. The third-order valence-electron chi connectivity index (χ3n) is 21.1. The van der Waals surface area contributed by atoms with Gasteiger partial charge in [-0.25, -0.2) is 0 Å². The van der Waals surface area contributed by atoms with E-state index in [2.05, 4.69) is 5.32 Å². The van der Waals surface area contributed by atoms with E-state index in [1.165, 1.54) is 12.1 Å². The lowest BCUT2D eigenvalue weighted by Gasteiger charge is -2.33. The van der Waals surface area contributed by atoms with E-state index in [9.17, 15) is 108 Å². The smallest absolute Gasteiger partial charge is 0.416 e. The first-order chi connectivity index (χ1) is 63.0. The molecular weight excluding hydrogens is 1760 g/mol. The minimum atomic E-state index is -4.80. The van der Waals surface area contributed by atoms with Crippen molar-refractivity contribution in [2.75, 3.05) is 177 Å². The molecule has 12 N–H and O–H groups in total. The summed E-state index contributed by atoms with van der Waals surface area (Å²) >= 11 is 0. The van der Waals surface area contributed by atoms with Gasteiger partial charge in [-0.15, -0.1) is 0 Å². The van der Waals surface area contributed by atoms with E-state index in [1.54, 1.807) is 91.0 Å². The number of primary amides is 1. The lowest BCUT2D eigenvalue weighted by atomic mass is 10.1. The van der Waals surface area contributed by atoms with Gasteiger partial charge in [0, 0.05) is 98.2 Å². The SMILES string of the molecule is NCCNCC(=O)N(CCc1ccc(C(F)(F)F)cc1)CC(=O)N(CCN)CC(=O)N(CCc1ccccc1)CC(=O)N(CCN)CC(=O)N(CCc1ccc(C(F)(F)F)cc1)CC(=O)N(CCC(=O)O)CC(=O)N(CCc1ccccc1)CC(=O)N(CCC(=O)O)CC(=O)N(CCc1ccc(C(F)(F)F)cc1)CC(=O)N(CCC(=O)O)CC(=O)N(CCc1ccccc1)CC(N)=O. The van der Waals surface area contributed by atoms with Gasteiger partial charge in [0.2, 0.25) is 70.9 Å². The molecule has 43 heteroatoms. The predicted octanol–water partition coefficient (Wildman–Crippen LogP) is 2.99. The van der Waals surface area contributed by atoms with Crippen LogP contribution in [0.15, 0.2) is 164 Å². The highest BCUT2D eigenvalue weighted by Crippen LogP contribution is 2.32. The molecule has 0 aliphatic carbocycles. The van der Waals surface area contributed by atoms with Crippen molar-refractivity contribution in [2.24, 2.45) is 22.9 Å². The maximum Gasteiger partial charge on any atom is 0.416 e. The van der Waals surface area contributed by atoms with Gasteiger partial charge in [0.05, 0.1) is 114 Å². The summed E-state index contributed by atoms with van der Waals surface area (Å²) in [5.74, 6) is -16.4. The standard InChI is InChI=1S/C90H111F9N16O18/c91-88(92,93)70-22-16-67(17-23-70)31-42-106(74(117)52-104-40-37-100)54-83(126)114(50-38-101)62-81(124)108(44-30-66-14-8-3-9-15-66)61-84(127)115(51-39-102)63-82(125)110(46-33-69-20-26-72(27-21-69)90(97,98)99)58-80(123)112(48-35-86(130)131)59-76(119)107(43-29-65-12-6-2-7-13-65)56-79(122)113(49-36-87(132)133)60-77(120)109(45-32-68-18-24-71(25-19-68)89(94,95)96)57-78(121)111(47-34-85(128)129)55-75(118)105(53-73(103)116)41-28-64-10-4-1-5-11-64/h1-27,104H,28-63,100-102H2,(H2,103,116)(H,128,129)(H,130,131)(H,132,133). The van der Waals surface area contributed by atoms with Gasteiger partial charge in [0.1, 0.15) is 0 Å². The number of amides is 12. The molecule has 34 nitrogen and oxygen atoms in total. The van der Waals surface area contributed by atoms with Crippen LogP contribution in [0.3, 0.4) is 0 Å². The van der Waals surface area contributed by atoms with Crippen LogP contribution < -0.4 is 28.3 Å². The Kier molecular flexibility index (Phi) is 44.3. The molecule has 6 aromatic rings. The lowest BCUT2D eigenvalue weighted by Crippen LogP contribution is -2.54. The summed E-state index contributed by atoms with van der Waals surface area (Å²) in [6.07, 6.45) is -17.2. The van der Waals surface area contributed by atoms with Gasteiger partial charge in [-0.1, -0.05) is 127 Å². The summed E-state index contributed by atoms with van der Waals surface area (Å²) < 4.78 is 123. The summed E-state index contributed by atoms with van der Waals surface area (Å²) in [6, 6.07) is 36.8. The summed E-state index contributed by atoms with van der Waals surface area (Å²) in [4.78, 5) is 221. The molecule has 0 spiro atoms. The maximum atomic E-state index is 15.2. The molecule has 133 heavy (non-hydrogen) atoms. The number of carbonyl (C=O) groups is 15. The van der Waals surface area contributed by atoms with E-state index < -0.39 is 261 Å². The number of carboxylic acid groups (broad SMARTS) is 3. The quantitative estimate of drug-likeness (QED) is 0.0201. The number of aliphatic carboxylic acids is 3. The Hall–Kier alpha value is -13.4. The second-order valence-electron chi connectivity index (χ2n) is 30.9. The average Bonchev–Trinajstić information content (AvgIpc) is 0.963. The monoisotopic (exact) mass is 1870 g/mol. The van der Waals surface area contributed by atoms with E-state index in [-0.39, 0.29) is 109 Å². The van der Waals surface area contributed by atoms with Crippen LogP contribution in [0.5, 0.6) is 0 Å². The molecule has 0 saturated carbocycles. The fourth-order valence-electron chi connectivity index (χ4n) is 13.5. The fourth-order valence-corrected chi connectivity index (χ4v) is 13.5. The Morgan fingerprint density at radius 2 is 0.436 bits per heavy atom. The van der Waals surface area contributed by atoms with E-state index in [1.807, 2.05) is 0 Å². The summed E-state index contributed by atoms with van der Waals surface area (Å²) in [7, 11) is 0. The van der Waals surface area contributed by atoms with E-state index >= 15 is 19.2 Å². The van der Waals surface area contributed by atoms with Gasteiger partial charge >= 0.3 is 36.4 Å². The minimum Gasteiger partial charge on any atom is -0.481 e. The number of nitrogens with one attached hydrogen (secondary N) is 1. The van der Waals surface area contributed by atoms with Crippen LogP contribution in [0.1, 0.15) is 69.3 Å². The molecule has 6 aromatic carbocycles. The van der Waals surface area contributed by atoms with Crippen LogP contribution >= 0.6 is 0 Å². The topological polar surface area (TPSA) is 468 Å². The van der Waals surface area contributed by atoms with Crippen molar-refractivity contribution < 1.29 is 127 Å². The first-order valence-electron chi connectivity index (χ1n) is 42.4. The molecule has 722 valence electrons. The number of halogens is 9. The molecule has 0 saturated heterocycles. The fraction of sp³-hybridized carbons (Fsp3) is 0.433. The number of benzene rings is 6. The minimum absolute atomic E-state index is 0.0150. The normalized spacial score (nSPS) is 11.3. The zero-order valence-corrected chi connectivity index (χ0v) is 73.1. The van der Waals surface area contributed by atoms with E-state index in [0.717, 1.165) is 110 Å². The molecule has 0 aliphatic rings. The first kappa shape index (κ1) is 108. The molecule has 0 radical (unpaired) electrons. The zero-order chi connectivity index (χ0) is 98.0. The third kappa shape index (κ3) is 39.3. The van der Waals surface area contributed by atoms with Gasteiger partial charge in [-0.05, 0) is 108 Å². The Morgan fingerprint density at radius 3 is 0.624 bits per heavy atom. The number of nitrogens with two attached hydrogens (primary N) is 4. The van der Waals surface area contributed by atoms with Crippen LogP contribution in [-0.4, -0.2) is 335 Å². The van der Waals surface area contributed by atoms with Crippen molar-refractivity contribution in [2.45, 2.75) is 76.3 Å². The van der Waals surface area contributed by atoms with Crippen molar-refractivity contribution >= 4 is 88.8 Å². The van der Waals surface area contributed by atoms with E-state index in [4.69, 9.17) is 22.9 Å². The number of rotatable bonds is 57. The molecule has 0 aliphatic heterocycles. The molecule has 0 unspecified atom stereocenters. The van der Waals surface area contributed by atoms with Gasteiger partial charge < -0.3 is 97.5 Å². The molecule has 0 fully saturated rings. The Labute approximate surface area is 761 Å². The van der Waals surface area contributed by atoms with Crippen molar-refractivity contribution in [1.82, 2.24) is 59.2 Å². The molecular formula is C90H111F9N16O18. The van der Waals surface area contributed by atoms with Crippen LogP contribution in [-0.2, 0) is 129 Å². The lowest BCUT2D eigenvalue weighted by molar-refractivity contribution is -0.150. The molecule has 0 atom stereocenters. The maximum absolute atomic E-state index is 15.2.